The number of methoxy groups -OCH3 is 1. The molecule has 1 aromatic rings. The number of anilines is 1. The van der Waals surface area contributed by atoms with Crippen molar-refractivity contribution < 1.29 is 9.16 Å². The fraction of sp³-hybridized carbons (Fsp3) is 0.815. The Kier molecular flexibility index (Phi) is 14.0. The van der Waals surface area contributed by atoms with Crippen LogP contribution in [-0.4, -0.2) is 51.9 Å². The maximum absolute atomic E-state index is 6.36. The van der Waals surface area contributed by atoms with Gasteiger partial charge in [-0.2, -0.15) is 0 Å². The van der Waals surface area contributed by atoms with E-state index >= 15 is 0 Å². The molecule has 0 spiro atoms. The summed E-state index contributed by atoms with van der Waals surface area (Å²) in [7, 11) is 0.0835. The molecule has 0 saturated carbocycles. The summed E-state index contributed by atoms with van der Waals surface area (Å²) >= 11 is -2.59. The van der Waals surface area contributed by atoms with E-state index in [9.17, 15) is 0 Å². The van der Waals surface area contributed by atoms with E-state index in [2.05, 4.69) is 72.1 Å². The molecular weight excluding hydrogens is 531 g/mol. The summed E-state index contributed by atoms with van der Waals surface area (Å²) in [6.07, 6.45) is 8.88. The molecule has 1 heterocycles. The molecule has 1 rings (SSSR count). The van der Waals surface area contributed by atoms with E-state index < -0.39 is 26.7 Å². The molecule has 0 aliphatic heterocycles. The van der Waals surface area contributed by atoms with Gasteiger partial charge in [-0.05, 0) is 0 Å². The van der Waals surface area contributed by atoms with Crippen molar-refractivity contribution >= 4 is 36.1 Å². The van der Waals surface area contributed by atoms with Crippen LogP contribution < -0.4 is 13.8 Å². The van der Waals surface area contributed by atoms with Gasteiger partial charge >= 0.3 is 212 Å². The van der Waals surface area contributed by atoms with Crippen LogP contribution in [0.1, 0.15) is 86.5 Å². The molecule has 192 valence electrons. The van der Waals surface area contributed by atoms with Crippen molar-refractivity contribution in [3.8, 4) is 5.88 Å². The SMILES string of the molecule is CCC[CH2][Sn]([CH2]CCC)([CH2]CCC)[c]1cc(NCCCO[Si](C)(C)C(C)(C)C)cc(OC)n1. The Balaban J connectivity index is 3.00. The van der Waals surface area contributed by atoms with Gasteiger partial charge in [0.1, 0.15) is 0 Å². The Labute approximate surface area is 211 Å². The second-order valence-corrected chi connectivity index (χ2v) is 29.1. The van der Waals surface area contributed by atoms with Gasteiger partial charge in [0, 0.05) is 0 Å². The molecule has 0 unspecified atom stereocenters. The monoisotopic (exact) mass is 586 g/mol. The van der Waals surface area contributed by atoms with Crippen molar-refractivity contribution in [1.82, 2.24) is 4.98 Å². The number of pyridine rings is 1. The zero-order valence-electron chi connectivity index (χ0n) is 23.4. The number of hydrogen-bond acceptors (Lipinski definition) is 4. The van der Waals surface area contributed by atoms with Crippen molar-refractivity contribution in [1.29, 1.82) is 0 Å². The average Bonchev–Trinajstić information content (AvgIpc) is 2.77. The molecule has 0 radical (unpaired) electrons. The number of hydrogen-bond donors (Lipinski definition) is 1. The van der Waals surface area contributed by atoms with Crippen molar-refractivity contribution in [2.24, 2.45) is 0 Å². The Hall–Kier alpha value is -0.274. The predicted molar refractivity (Wildman–Crippen MR) is 152 cm³/mol. The molecule has 0 saturated heterocycles. The first-order chi connectivity index (χ1) is 15.5. The van der Waals surface area contributed by atoms with E-state index in [1.807, 2.05) is 0 Å². The second-order valence-electron chi connectivity index (χ2n) is 11.3. The first-order valence-electron chi connectivity index (χ1n) is 13.5. The third kappa shape index (κ3) is 10.1. The number of rotatable bonds is 17. The molecule has 0 aliphatic carbocycles. The zero-order valence-corrected chi connectivity index (χ0v) is 27.3. The van der Waals surface area contributed by atoms with E-state index in [4.69, 9.17) is 14.1 Å². The van der Waals surface area contributed by atoms with Gasteiger partial charge in [0.25, 0.3) is 0 Å². The molecule has 6 heteroatoms. The maximum atomic E-state index is 6.36. The molecule has 33 heavy (non-hydrogen) atoms. The number of aromatic nitrogens is 1. The number of nitrogens with zero attached hydrogens (tertiary/aromatic N) is 1. The Morgan fingerprint density at radius 2 is 1.45 bits per heavy atom. The van der Waals surface area contributed by atoms with E-state index in [0.717, 1.165) is 25.5 Å². The van der Waals surface area contributed by atoms with Gasteiger partial charge in [0.15, 0.2) is 0 Å². The number of ether oxygens (including phenoxy) is 1. The van der Waals surface area contributed by atoms with Gasteiger partial charge in [-0.1, -0.05) is 0 Å². The Bertz CT molecular complexity index is 655. The quantitative estimate of drug-likeness (QED) is 0.149. The van der Waals surface area contributed by atoms with Gasteiger partial charge < -0.3 is 0 Å². The van der Waals surface area contributed by atoms with E-state index in [-0.39, 0.29) is 5.04 Å². The molecule has 1 aromatic heterocycles. The van der Waals surface area contributed by atoms with Crippen molar-refractivity contribution in [2.75, 3.05) is 25.6 Å². The summed E-state index contributed by atoms with van der Waals surface area (Å²) < 4.78 is 17.7. The predicted octanol–water partition coefficient (Wildman–Crippen LogP) is 7.97. The van der Waals surface area contributed by atoms with Crippen molar-refractivity contribution in [3.63, 3.8) is 0 Å². The second kappa shape index (κ2) is 15.0. The molecule has 0 bridgehead atoms. The summed E-state index contributed by atoms with van der Waals surface area (Å²) in [6.45, 7) is 20.3. The van der Waals surface area contributed by atoms with Crippen LogP contribution >= 0.6 is 0 Å². The standard InChI is InChI=1S/C15H27N2O2Si.3C4H9.Sn/c1-15(2,3)20(5,6)19-11-7-9-16-13-8-10-17-14(12-13)18-4;3*1-3-4-2;/h8,12H,7,9,11H2,1-6H3,(H,16,17);3*1,3-4H2,2H3;. The Morgan fingerprint density at radius 1 is 0.909 bits per heavy atom. The van der Waals surface area contributed by atoms with E-state index in [0.29, 0.717) is 0 Å². The zero-order chi connectivity index (χ0) is 25.0. The van der Waals surface area contributed by atoms with Crippen LogP contribution in [0.3, 0.4) is 0 Å². The summed E-state index contributed by atoms with van der Waals surface area (Å²) in [6, 6.07) is 4.47. The fourth-order valence-corrected chi connectivity index (χ4v) is 20.7. The molecule has 0 fully saturated rings. The van der Waals surface area contributed by atoms with Crippen LogP contribution in [0.15, 0.2) is 12.1 Å². The molecule has 4 nitrogen and oxygen atoms in total. The minimum atomic E-state index is -2.59. The van der Waals surface area contributed by atoms with Gasteiger partial charge in [-0.3, -0.25) is 0 Å². The molecule has 0 aliphatic rings. The van der Waals surface area contributed by atoms with Crippen molar-refractivity contribution in [2.45, 2.75) is 118 Å². The fourth-order valence-electron chi connectivity index (χ4n) is 4.14. The summed E-state index contributed by atoms with van der Waals surface area (Å²) in [5.41, 5.74) is 1.18. The average molecular weight is 586 g/mol. The third-order valence-corrected chi connectivity index (χ3v) is 27.1. The summed E-state index contributed by atoms with van der Waals surface area (Å²) in [5.74, 6) is 0.776. The van der Waals surface area contributed by atoms with Crippen molar-refractivity contribution in [3.05, 3.63) is 12.1 Å². The topological polar surface area (TPSA) is 43.4 Å². The first-order valence-corrected chi connectivity index (χ1v) is 23.9. The molecule has 0 amide bonds. The van der Waals surface area contributed by atoms with Crippen LogP contribution in [0.4, 0.5) is 5.69 Å². The normalized spacial score (nSPS) is 12.8. The Morgan fingerprint density at radius 3 is 1.91 bits per heavy atom. The van der Waals surface area contributed by atoms with E-state index in [1.54, 1.807) is 7.11 Å². The van der Waals surface area contributed by atoms with Gasteiger partial charge in [-0.25, -0.2) is 0 Å². The van der Waals surface area contributed by atoms with Gasteiger partial charge in [-0.15, -0.1) is 0 Å². The molecule has 0 atom stereocenters. The van der Waals surface area contributed by atoms with Gasteiger partial charge in [0.2, 0.25) is 0 Å². The van der Waals surface area contributed by atoms with Crippen LogP contribution in [0.25, 0.3) is 0 Å². The first kappa shape index (κ1) is 30.8. The van der Waals surface area contributed by atoms with Crippen LogP contribution in [0.5, 0.6) is 5.88 Å². The molecular formula is C27H54N2O2SiSn. The number of nitrogens with one attached hydrogen (secondary N) is 1. The summed E-state index contributed by atoms with van der Waals surface area (Å²) in [5, 5.41) is 3.94. The van der Waals surface area contributed by atoms with Crippen LogP contribution in [0.2, 0.25) is 31.4 Å². The number of unbranched alkanes of at least 4 members (excludes halogenated alkanes) is 3. The minimum absolute atomic E-state index is 0.263. The van der Waals surface area contributed by atoms with Crippen LogP contribution in [0, 0.1) is 0 Å². The summed E-state index contributed by atoms with van der Waals surface area (Å²) in [4.78, 5) is 5.10. The van der Waals surface area contributed by atoms with Crippen LogP contribution in [-0.2, 0) is 4.43 Å². The van der Waals surface area contributed by atoms with Gasteiger partial charge in [0.05, 0.1) is 0 Å². The third-order valence-electron chi connectivity index (χ3n) is 7.50. The van der Waals surface area contributed by atoms with E-state index in [1.165, 1.54) is 61.2 Å². The molecule has 1 N–H and O–H groups in total. The molecule has 0 aromatic carbocycles.